The van der Waals surface area contributed by atoms with Crippen LogP contribution in [-0.4, -0.2) is 45.1 Å². The SMILES string of the molecule is Cc1ccc(S(=O)(=O)Oc2ccc(S(=O)(=O)O/N=C(/C(=N/OS(=O)(=O)c3ccc(OS(=O)(=O)c4ccc(C)cc4)cc3)c3ccccc3)c3ccccc3)cc2)cc1. The van der Waals surface area contributed by atoms with E-state index >= 15 is 0 Å². The lowest BCUT2D eigenvalue weighted by Gasteiger charge is -2.12. The molecule has 0 aliphatic carbocycles. The average molecular weight is 861 g/mol. The van der Waals surface area contributed by atoms with Crippen LogP contribution in [0.3, 0.4) is 0 Å². The maximum Gasteiger partial charge on any atom is 0.358 e. The molecule has 0 aliphatic heterocycles. The van der Waals surface area contributed by atoms with Gasteiger partial charge in [0.05, 0.1) is 0 Å². The molecule has 0 amide bonds. The Morgan fingerprint density at radius 1 is 0.362 bits per heavy atom. The fourth-order valence-electron chi connectivity index (χ4n) is 5.00. The predicted molar refractivity (Wildman–Crippen MR) is 213 cm³/mol. The fraction of sp³-hybridized carbons (Fsp3) is 0.0500. The Hall–Kier alpha value is -6.34. The molecule has 6 rings (SSSR count). The molecule has 0 heterocycles. The molecule has 0 radical (unpaired) electrons. The van der Waals surface area contributed by atoms with Gasteiger partial charge in [-0.3, -0.25) is 8.57 Å². The van der Waals surface area contributed by atoms with Crippen molar-refractivity contribution in [2.75, 3.05) is 0 Å². The number of oxime groups is 2. The van der Waals surface area contributed by atoms with E-state index in [1.54, 1.807) is 98.8 Å². The molecule has 6 aromatic carbocycles. The highest BCUT2D eigenvalue weighted by Gasteiger charge is 2.25. The Balaban J connectivity index is 1.27. The second kappa shape index (κ2) is 17.0. The largest absolute Gasteiger partial charge is 0.379 e. The lowest BCUT2D eigenvalue weighted by Crippen LogP contribution is -2.20. The number of hydrogen-bond acceptors (Lipinski definition) is 14. The zero-order valence-corrected chi connectivity index (χ0v) is 33.7. The highest BCUT2D eigenvalue weighted by molar-refractivity contribution is 7.87. The third kappa shape index (κ3) is 10.1. The van der Waals surface area contributed by atoms with Crippen LogP contribution in [0.1, 0.15) is 22.3 Å². The molecule has 0 aliphatic rings. The Morgan fingerprint density at radius 3 is 0.948 bits per heavy atom. The van der Waals surface area contributed by atoms with E-state index < -0.39 is 50.3 Å². The summed E-state index contributed by atoms with van der Waals surface area (Å²) in [6.45, 7) is 3.59. The first-order chi connectivity index (χ1) is 27.5. The molecule has 0 unspecified atom stereocenters. The third-order valence-electron chi connectivity index (χ3n) is 8.03. The Bertz CT molecular complexity index is 2700. The van der Waals surface area contributed by atoms with E-state index in [4.69, 9.17) is 16.9 Å². The number of nitrogens with zero attached hydrogens (tertiary/aromatic N) is 2. The van der Waals surface area contributed by atoms with Gasteiger partial charge in [0.2, 0.25) is 0 Å². The standard InChI is InChI=1S/C40H32N2O12S4/c1-29-13-21-35(22-14-29)55(43,44)51-33-17-25-37(26-18-33)57(47,48)53-41-39(31-9-5-3-6-10-31)40(32-11-7-4-8-12-32)42-54-58(49,50)38-27-19-34(20-28-38)52-56(45,46)36-23-15-30(2)16-24-36/h3-28H,1-2H3/b41-39+,42-40+. The normalized spacial score (nSPS) is 12.7. The van der Waals surface area contributed by atoms with E-state index in [9.17, 15) is 33.7 Å². The maximum absolute atomic E-state index is 13.4. The minimum atomic E-state index is -4.68. The van der Waals surface area contributed by atoms with Gasteiger partial charge in [-0.15, -0.1) is 0 Å². The van der Waals surface area contributed by atoms with E-state index in [0.717, 1.165) is 59.7 Å². The van der Waals surface area contributed by atoms with Crippen LogP contribution in [-0.2, 0) is 49.0 Å². The van der Waals surface area contributed by atoms with Gasteiger partial charge in [-0.05, 0) is 86.6 Å². The van der Waals surface area contributed by atoms with Gasteiger partial charge in [0.1, 0.15) is 42.5 Å². The van der Waals surface area contributed by atoms with Gasteiger partial charge in [0.15, 0.2) is 0 Å². The molecular formula is C40H32N2O12S4. The highest BCUT2D eigenvalue weighted by Crippen LogP contribution is 2.25. The van der Waals surface area contributed by atoms with Crippen LogP contribution in [0.15, 0.2) is 188 Å². The first-order valence-corrected chi connectivity index (χ1v) is 22.5. The summed E-state index contributed by atoms with van der Waals surface area (Å²) in [5.41, 5.74) is 1.69. The summed E-state index contributed by atoms with van der Waals surface area (Å²) in [6.07, 6.45) is 0. The quantitative estimate of drug-likeness (QED) is 0.0598. The number of benzene rings is 6. The Labute approximate surface area is 336 Å². The summed E-state index contributed by atoms with van der Waals surface area (Å²) in [7, 11) is -17.8. The molecule has 14 nitrogen and oxygen atoms in total. The second-order valence-electron chi connectivity index (χ2n) is 12.3. The molecule has 0 fully saturated rings. The van der Waals surface area contributed by atoms with Crippen molar-refractivity contribution in [3.8, 4) is 11.5 Å². The zero-order chi connectivity index (χ0) is 41.6. The van der Waals surface area contributed by atoms with Crippen molar-refractivity contribution in [1.82, 2.24) is 0 Å². The fourth-order valence-corrected chi connectivity index (χ4v) is 8.32. The molecule has 0 bridgehead atoms. The van der Waals surface area contributed by atoms with Crippen molar-refractivity contribution in [3.63, 3.8) is 0 Å². The molecule has 298 valence electrons. The van der Waals surface area contributed by atoms with Crippen LogP contribution in [0.5, 0.6) is 11.5 Å². The summed E-state index contributed by atoms with van der Waals surface area (Å²) < 4.78 is 125. The van der Waals surface area contributed by atoms with Gasteiger partial charge < -0.3 is 8.37 Å². The van der Waals surface area contributed by atoms with Crippen LogP contribution in [0.4, 0.5) is 0 Å². The lowest BCUT2D eigenvalue weighted by molar-refractivity contribution is 0.334. The molecule has 0 atom stereocenters. The smallest absolute Gasteiger partial charge is 0.358 e. The van der Waals surface area contributed by atoms with Crippen molar-refractivity contribution in [1.29, 1.82) is 0 Å². The molecule has 0 N–H and O–H groups in total. The van der Waals surface area contributed by atoms with E-state index in [1.807, 2.05) is 0 Å². The van der Waals surface area contributed by atoms with Gasteiger partial charge in [-0.2, -0.15) is 33.7 Å². The second-order valence-corrected chi connectivity index (χ2v) is 18.5. The van der Waals surface area contributed by atoms with E-state index in [-0.39, 0.29) is 43.8 Å². The number of rotatable bonds is 15. The van der Waals surface area contributed by atoms with Crippen molar-refractivity contribution < 1.29 is 50.6 Å². The predicted octanol–water partition coefficient (Wildman–Crippen LogP) is 6.76. The molecule has 0 saturated heterocycles. The van der Waals surface area contributed by atoms with Crippen molar-refractivity contribution in [2.45, 2.75) is 33.4 Å². The lowest BCUT2D eigenvalue weighted by atomic mass is 10.0. The molecule has 18 heteroatoms. The van der Waals surface area contributed by atoms with E-state index in [2.05, 4.69) is 10.3 Å². The maximum atomic E-state index is 13.4. The van der Waals surface area contributed by atoms with Gasteiger partial charge in [0, 0.05) is 11.1 Å². The van der Waals surface area contributed by atoms with Crippen molar-refractivity contribution in [3.05, 3.63) is 180 Å². The molecular weight excluding hydrogens is 829 g/mol. The van der Waals surface area contributed by atoms with Gasteiger partial charge in [-0.1, -0.05) is 106 Å². The van der Waals surface area contributed by atoms with E-state index in [0.29, 0.717) is 0 Å². The summed E-state index contributed by atoms with van der Waals surface area (Å²) in [5, 5.41) is 7.84. The van der Waals surface area contributed by atoms with Crippen molar-refractivity contribution >= 4 is 51.9 Å². The Morgan fingerprint density at radius 2 is 0.638 bits per heavy atom. The molecule has 0 spiro atoms. The molecule has 0 aromatic heterocycles. The summed E-state index contributed by atoms with van der Waals surface area (Å²) in [6, 6.07) is 36.7. The highest BCUT2D eigenvalue weighted by atomic mass is 32.2. The van der Waals surface area contributed by atoms with Gasteiger partial charge in [0.25, 0.3) is 0 Å². The van der Waals surface area contributed by atoms with Crippen LogP contribution in [0.2, 0.25) is 0 Å². The van der Waals surface area contributed by atoms with Gasteiger partial charge >= 0.3 is 40.5 Å². The first-order valence-electron chi connectivity index (χ1n) is 16.9. The van der Waals surface area contributed by atoms with Crippen LogP contribution in [0.25, 0.3) is 0 Å². The summed E-state index contributed by atoms with van der Waals surface area (Å²) in [5.74, 6) is -0.335. The van der Waals surface area contributed by atoms with Gasteiger partial charge in [-0.25, -0.2) is 0 Å². The monoisotopic (exact) mass is 860 g/mol. The molecule has 0 saturated carbocycles. The average Bonchev–Trinajstić information content (AvgIpc) is 3.20. The van der Waals surface area contributed by atoms with E-state index in [1.165, 1.54) is 24.3 Å². The summed E-state index contributed by atoms with van der Waals surface area (Å²) >= 11 is 0. The zero-order valence-electron chi connectivity index (χ0n) is 30.4. The van der Waals surface area contributed by atoms with Crippen LogP contribution >= 0.6 is 0 Å². The minimum Gasteiger partial charge on any atom is -0.379 e. The minimum absolute atomic E-state index is 0.0942. The number of hydrogen-bond donors (Lipinski definition) is 0. The van der Waals surface area contributed by atoms with Crippen molar-refractivity contribution in [2.24, 2.45) is 10.3 Å². The Kier molecular flexibility index (Phi) is 12.1. The number of aryl methyl sites for hydroxylation is 2. The first kappa shape index (κ1) is 41.3. The summed E-state index contributed by atoms with van der Waals surface area (Å²) in [4.78, 5) is -1.02. The van der Waals surface area contributed by atoms with Crippen LogP contribution < -0.4 is 8.37 Å². The molecule has 6 aromatic rings. The molecule has 58 heavy (non-hydrogen) atoms. The topological polar surface area (TPSA) is 198 Å². The van der Waals surface area contributed by atoms with Crippen LogP contribution in [0, 0.1) is 13.8 Å². The third-order valence-corrected chi connectivity index (χ3v) is 12.8.